The van der Waals surface area contributed by atoms with E-state index in [9.17, 15) is 14.7 Å². The van der Waals surface area contributed by atoms with Gasteiger partial charge in [-0.25, -0.2) is 0 Å². The van der Waals surface area contributed by atoms with Gasteiger partial charge < -0.3 is 15.3 Å². The van der Waals surface area contributed by atoms with Crippen molar-refractivity contribution in [3.63, 3.8) is 0 Å². The molecule has 2 aromatic carbocycles. The minimum absolute atomic E-state index is 0.0502. The molecule has 2 amide bonds. The number of nitrogens with one attached hydrogen (secondary N) is 1. The number of amides is 2. The fourth-order valence-electron chi connectivity index (χ4n) is 4.22. The number of hydrogen-bond acceptors (Lipinski definition) is 5. The van der Waals surface area contributed by atoms with Crippen LogP contribution in [0.1, 0.15) is 53.0 Å². The molecule has 1 heterocycles. The SMILES string of the molecule is CCCN(CCC)C(=O)c1cccc(C(=O)N[C@@H](Cc2ccccc2)[C@H](O)CN2CCSC2)c1. The van der Waals surface area contributed by atoms with Crippen molar-refractivity contribution in [2.45, 2.75) is 45.3 Å². The van der Waals surface area contributed by atoms with Crippen LogP contribution >= 0.6 is 11.8 Å². The quantitative estimate of drug-likeness (QED) is 0.482. The van der Waals surface area contributed by atoms with Crippen molar-refractivity contribution in [2.75, 3.05) is 37.8 Å². The molecule has 2 aromatic rings. The second-order valence-corrected chi connectivity index (χ2v) is 9.90. The second-order valence-electron chi connectivity index (χ2n) is 8.82. The molecule has 34 heavy (non-hydrogen) atoms. The Hall–Kier alpha value is -2.35. The lowest BCUT2D eigenvalue weighted by molar-refractivity contribution is 0.0732. The molecule has 1 aliphatic rings. The van der Waals surface area contributed by atoms with Crippen LogP contribution in [0.3, 0.4) is 0 Å². The number of carbonyl (C=O) groups excluding carboxylic acids is 2. The van der Waals surface area contributed by atoms with E-state index < -0.39 is 12.1 Å². The van der Waals surface area contributed by atoms with Crippen LogP contribution < -0.4 is 5.32 Å². The Bertz CT molecular complexity index is 912. The van der Waals surface area contributed by atoms with Crippen molar-refractivity contribution in [2.24, 2.45) is 0 Å². The Morgan fingerprint density at radius 1 is 1.06 bits per heavy atom. The Kier molecular flexibility index (Phi) is 10.4. The van der Waals surface area contributed by atoms with E-state index in [0.717, 1.165) is 36.6 Å². The summed E-state index contributed by atoms with van der Waals surface area (Å²) >= 11 is 1.86. The highest BCUT2D eigenvalue weighted by atomic mass is 32.2. The van der Waals surface area contributed by atoms with Crippen molar-refractivity contribution in [1.29, 1.82) is 0 Å². The number of nitrogens with zero attached hydrogens (tertiary/aromatic N) is 2. The van der Waals surface area contributed by atoms with Gasteiger partial charge in [0.15, 0.2) is 0 Å². The number of aliphatic hydroxyl groups excluding tert-OH is 1. The molecule has 3 rings (SSSR count). The first-order valence-corrected chi connectivity index (χ1v) is 13.4. The van der Waals surface area contributed by atoms with Gasteiger partial charge in [-0.3, -0.25) is 14.5 Å². The Labute approximate surface area is 207 Å². The predicted molar refractivity (Wildman–Crippen MR) is 139 cm³/mol. The molecular weight excluding hydrogens is 446 g/mol. The van der Waals surface area contributed by atoms with Crippen LogP contribution in [0, 0.1) is 0 Å². The van der Waals surface area contributed by atoms with E-state index in [1.165, 1.54) is 0 Å². The zero-order chi connectivity index (χ0) is 24.3. The lowest BCUT2D eigenvalue weighted by Gasteiger charge is -2.28. The summed E-state index contributed by atoms with van der Waals surface area (Å²) in [7, 11) is 0. The zero-order valence-corrected chi connectivity index (χ0v) is 21.1. The number of rotatable bonds is 12. The summed E-state index contributed by atoms with van der Waals surface area (Å²) in [6.07, 6.45) is 1.62. The Balaban J connectivity index is 1.74. The van der Waals surface area contributed by atoms with Gasteiger partial charge in [-0.05, 0) is 43.0 Å². The molecule has 0 spiro atoms. The lowest BCUT2D eigenvalue weighted by atomic mass is 10.00. The van der Waals surface area contributed by atoms with Gasteiger partial charge in [-0.2, -0.15) is 0 Å². The molecule has 0 unspecified atom stereocenters. The average molecular weight is 484 g/mol. The first-order valence-electron chi connectivity index (χ1n) is 12.2. The second kappa shape index (κ2) is 13.5. The van der Waals surface area contributed by atoms with Gasteiger partial charge in [0.05, 0.1) is 12.1 Å². The molecule has 0 bridgehead atoms. The third kappa shape index (κ3) is 7.58. The average Bonchev–Trinajstić information content (AvgIpc) is 3.36. The third-order valence-electron chi connectivity index (χ3n) is 6.00. The monoisotopic (exact) mass is 483 g/mol. The molecule has 6 nitrogen and oxygen atoms in total. The number of aliphatic hydroxyl groups is 1. The minimum Gasteiger partial charge on any atom is -0.390 e. The van der Waals surface area contributed by atoms with Crippen molar-refractivity contribution in [3.05, 3.63) is 71.3 Å². The molecule has 184 valence electrons. The van der Waals surface area contributed by atoms with Crippen LogP contribution in [-0.4, -0.2) is 76.7 Å². The Morgan fingerprint density at radius 2 is 1.76 bits per heavy atom. The molecule has 2 N–H and O–H groups in total. The van der Waals surface area contributed by atoms with E-state index in [1.54, 1.807) is 24.3 Å². The molecule has 1 saturated heterocycles. The van der Waals surface area contributed by atoms with E-state index in [1.807, 2.05) is 47.0 Å². The number of β-amino-alcohol motifs (C(OH)–C–C–N with tert-alkyl or cyclic N) is 1. The van der Waals surface area contributed by atoms with Crippen LogP contribution in [0.25, 0.3) is 0 Å². The highest BCUT2D eigenvalue weighted by molar-refractivity contribution is 7.99. The van der Waals surface area contributed by atoms with Crippen molar-refractivity contribution in [1.82, 2.24) is 15.1 Å². The van der Waals surface area contributed by atoms with Gasteiger partial charge in [0.2, 0.25) is 0 Å². The molecule has 1 aliphatic heterocycles. The first kappa shape index (κ1) is 26.3. The van der Waals surface area contributed by atoms with Crippen molar-refractivity contribution in [3.8, 4) is 0 Å². The zero-order valence-electron chi connectivity index (χ0n) is 20.3. The first-order chi connectivity index (χ1) is 16.5. The van der Waals surface area contributed by atoms with Crippen LogP contribution in [0.2, 0.25) is 0 Å². The lowest BCUT2D eigenvalue weighted by Crippen LogP contribution is -2.49. The maximum atomic E-state index is 13.2. The van der Waals surface area contributed by atoms with E-state index in [2.05, 4.69) is 24.1 Å². The van der Waals surface area contributed by atoms with E-state index >= 15 is 0 Å². The molecule has 0 radical (unpaired) electrons. The molecule has 0 aliphatic carbocycles. The largest absolute Gasteiger partial charge is 0.390 e. The maximum absolute atomic E-state index is 13.2. The van der Waals surface area contributed by atoms with Gasteiger partial charge in [-0.15, -0.1) is 11.8 Å². The van der Waals surface area contributed by atoms with E-state index in [0.29, 0.717) is 37.2 Å². The number of hydrogen-bond donors (Lipinski definition) is 2. The summed E-state index contributed by atoms with van der Waals surface area (Å²) in [5, 5.41) is 14.1. The fourth-order valence-corrected chi connectivity index (χ4v) is 5.23. The van der Waals surface area contributed by atoms with Crippen LogP contribution in [0.4, 0.5) is 0 Å². The highest BCUT2D eigenvalue weighted by Crippen LogP contribution is 2.16. The number of carbonyl (C=O) groups is 2. The van der Waals surface area contributed by atoms with Gasteiger partial charge in [0.1, 0.15) is 0 Å². The highest BCUT2D eigenvalue weighted by Gasteiger charge is 2.26. The van der Waals surface area contributed by atoms with Crippen molar-refractivity contribution < 1.29 is 14.7 Å². The summed E-state index contributed by atoms with van der Waals surface area (Å²) in [5.74, 6) is 1.64. The normalized spacial score (nSPS) is 15.6. The molecular formula is C27H37N3O3S. The maximum Gasteiger partial charge on any atom is 0.253 e. The smallest absolute Gasteiger partial charge is 0.253 e. The van der Waals surface area contributed by atoms with Crippen molar-refractivity contribution >= 4 is 23.6 Å². The number of benzene rings is 2. The molecule has 7 heteroatoms. The summed E-state index contributed by atoms with van der Waals surface area (Å²) in [5.41, 5.74) is 2.01. The standard InChI is InChI=1S/C27H37N3O3S/c1-3-13-30(14-4-2)27(33)23-12-8-11-22(18-23)26(32)28-24(17-21-9-6-5-7-10-21)25(31)19-29-15-16-34-20-29/h5-12,18,24-25,31H,3-4,13-17,19-20H2,1-2H3,(H,28,32)/t24-,25+/m0/s1. The minimum atomic E-state index is -0.697. The topological polar surface area (TPSA) is 72.9 Å². The van der Waals surface area contributed by atoms with Gasteiger partial charge in [0, 0.05) is 48.9 Å². The van der Waals surface area contributed by atoms with Gasteiger partial charge in [0.25, 0.3) is 11.8 Å². The summed E-state index contributed by atoms with van der Waals surface area (Å²) in [4.78, 5) is 30.3. The van der Waals surface area contributed by atoms with Crippen LogP contribution in [-0.2, 0) is 6.42 Å². The summed E-state index contributed by atoms with van der Waals surface area (Å²) in [6.45, 7) is 6.97. The number of thioether (sulfide) groups is 1. The third-order valence-corrected chi connectivity index (χ3v) is 7.02. The van der Waals surface area contributed by atoms with Crippen LogP contribution in [0.15, 0.2) is 54.6 Å². The molecule has 0 aromatic heterocycles. The Morgan fingerprint density at radius 3 is 2.41 bits per heavy atom. The summed E-state index contributed by atoms with van der Waals surface area (Å²) < 4.78 is 0. The summed E-state index contributed by atoms with van der Waals surface area (Å²) in [6, 6.07) is 16.4. The van der Waals surface area contributed by atoms with E-state index in [-0.39, 0.29) is 11.8 Å². The van der Waals surface area contributed by atoms with Gasteiger partial charge >= 0.3 is 0 Å². The molecule has 0 saturated carbocycles. The molecule has 1 fully saturated rings. The van der Waals surface area contributed by atoms with E-state index in [4.69, 9.17) is 0 Å². The van der Waals surface area contributed by atoms with Crippen LogP contribution in [0.5, 0.6) is 0 Å². The van der Waals surface area contributed by atoms with Gasteiger partial charge in [-0.1, -0.05) is 50.2 Å². The molecule has 2 atom stereocenters. The fraction of sp³-hybridized carbons (Fsp3) is 0.481. The predicted octanol–water partition coefficient (Wildman–Crippen LogP) is 3.66.